The van der Waals surface area contributed by atoms with Crippen LogP contribution in [0.3, 0.4) is 0 Å². The quantitative estimate of drug-likeness (QED) is 0.633. The Balaban J connectivity index is 1.77. The number of rotatable bonds is 5. The van der Waals surface area contributed by atoms with Crippen molar-refractivity contribution in [3.05, 3.63) is 71.5 Å². The van der Waals surface area contributed by atoms with Crippen molar-refractivity contribution in [3.8, 4) is 5.69 Å². The van der Waals surface area contributed by atoms with Crippen LogP contribution in [0, 0.1) is 6.92 Å². The van der Waals surface area contributed by atoms with Crippen molar-refractivity contribution >= 4 is 23.3 Å². The Morgan fingerprint density at radius 2 is 1.57 bits per heavy atom. The summed E-state index contributed by atoms with van der Waals surface area (Å²) in [6, 6.07) is 14.6. The summed E-state index contributed by atoms with van der Waals surface area (Å²) in [5, 5.41) is 12.4. The summed E-state index contributed by atoms with van der Waals surface area (Å²) in [7, 11) is 1.55. The second kappa shape index (κ2) is 8.39. The third-order valence-electron chi connectivity index (χ3n) is 4.35. The van der Waals surface area contributed by atoms with Gasteiger partial charge in [0, 0.05) is 18.4 Å². The number of nitrogens with zero attached hydrogens (tertiary/aromatic N) is 2. The molecule has 0 atom stereocenters. The zero-order chi connectivity index (χ0) is 20.1. The molecule has 1 heterocycles. The number of nitrogens with one attached hydrogen (secondary N) is 3. The maximum Gasteiger partial charge on any atom is 0.318 e. The molecule has 0 aliphatic carbocycles. The number of hydrogen-bond donors (Lipinski definition) is 3. The lowest BCUT2D eigenvalue weighted by molar-refractivity contribution is 0.102. The number of carbonyl (C=O) groups excluding carboxylic acids is 2. The molecule has 0 radical (unpaired) electrons. The fraction of sp³-hybridized carbons (Fsp3) is 0.190. The highest BCUT2D eigenvalue weighted by Crippen LogP contribution is 2.19. The number of anilines is 2. The van der Waals surface area contributed by atoms with Crippen LogP contribution in [0.25, 0.3) is 5.69 Å². The first-order valence-electron chi connectivity index (χ1n) is 9.06. The van der Waals surface area contributed by atoms with Crippen molar-refractivity contribution in [2.24, 2.45) is 0 Å². The second-order valence-electron chi connectivity index (χ2n) is 6.34. The zero-order valence-electron chi connectivity index (χ0n) is 16.1. The highest BCUT2D eigenvalue weighted by atomic mass is 16.2. The lowest BCUT2D eigenvalue weighted by Crippen LogP contribution is -2.24. The van der Waals surface area contributed by atoms with Crippen molar-refractivity contribution in [2.45, 2.75) is 20.3 Å². The van der Waals surface area contributed by atoms with Crippen LogP contribution in [0.4, 0.5) is 16.2 Å². The molecule has 3 N–H and O–H groups in total. The summed E-state index contributed by atoms with van der Waals surface area (Å²) in [5.41, 5.74) is 4.75. The van der Waals surface area contributed by atoms with Gasteiger partial charge in [-0.2, -0.15) is 5.10 Å². The lowest BCUT2D eigenvalue weighted by atomic mass is 10.1. The molecule has 1 aromatic heterocycles. The van der Waals surface area contributed by atoms with E-state index < -0.39 is 0 Å². The van der Waals surface area contributed by atoms with Crippen LogP contribution in [-0.4, -0.2) is 28.8 Å². The largest absolute Gasteiger partial charge is 0.341 e. The molecule has 0 saturated carbocycles. The molecule has 3 amide bonds. The number of aryl methyl sites for hydroxylation is 1. The topological polar surface area (TPSA) is 88.1 Å². The molecule has 0 aliphatic rings. The Morgan fingerprint density at radius 3 is 2.14 bits per heavy atom. The highest BCUT2D eigenvalue weighted by molar-refractivity contribution is 6.05. The molecule has 3 rings (SSSR count). The van der Waals surface area contributed by atoms with Crippen LogP contribution in [0.15, 0.2) is 54.7 Å². The summed E-state index contributed by atoms with van der Waals surface area (Å²) in [6.07, 6.45) is 2.27. The van der Waals surface area contributed by atoms with Gasteiger partial charge >= 0.3 is 6.03 Å². The number of hydrogen-bond acceptors (Lipinski definition) is 3. The first-order chi connectivity index (χ1) is 13.5. The number of aromatic nitrogens is 2. The normalized spacial score (nSPS) is 10.4. The van der Waals surface area contributed by atoms with Crippen molar-refractivity contribution in [2.75, 3.05) is 17.7 Å². The Labute approximate surface area is 163 Å². The van der Waals surface area contributed by atoms with Gasteiger partial charge < -0.3 is 16.0 Å². The van der Waals surface area contributed by atoms with E-state index in [0.29, 0.717) is 23.4 Å². The molecular formula is C21H23N5O2. The first kappa shape index (κ1) is 19.2. The average Bonchev–Trinajstić information content (AvgIpc) is 3.14. The monoisotopic (exact) mass is 377 g/mol. The predicted molar refractivity (Wildman–Crippen MR) is 110 cm³/mol. The number of amides is 3. The summed E-state index contributed by atoms with van der Waals surface area (Å²) >= 11 is 0. The van der Waals surface area contributed by atoms with E-state index in [-0.39, 0.29) is 11.9 Å². The van der Waals surface area contributed by atoms with E-state index in [4.69, 9.17) is 0 Å². The number of benzene rings is 2. The van der Waals surface area contributed by atoms with E-state index in [1.807, 2.05) is 38.1 Å². The van der Waals surface area contributed by atoms with Crippen molar-refractivity contribution in [1.29, 1.82) is 0 Å². The van der Waals surface area contributed by atoms with Gasteiger partial charge in [0.2, 0.25) is 0 Å². The van der Waals surface area contributed by atoms with Gasteiger partial charge in [0.1, 0.15) is 0 Å². The van der Waals surface area contributed by atoms with Gasteiger partial charge in [-0.15, -0.1) is 0 Å². The summed E-state index contributed by atoms with van der Waals surface area (Å²) < 4.78 is 1.80. The minimum Gasteiger partial charge on any atom is -0.341 e. The first-order valence-corrected chi connectivity index (χ1v) is 9.06. The van der Waals surface area contributed by atoms with Crippen LogP contribution in [-0.2, 0) is 6.42 Å². The van der Waals surface area contributed by atoms with Gasteiger partial charge in [0.25, 0.3) is 5.91 Å². The third-order valence-corrected chi connectivity index (χ3v) is 4.35. The van der Waals surface area contributed by atoms with Crippen LogP contribution in [0.1, 0.15) is 28.5 Å². The molecule has 7 nitrogen and oxygen atoms in total. The summed E-state index contributed by atoms with van der Waals surface area (Å²) in [5.74, 6) is -0.220. The summed E-state index contributed by atoms with van der Waals surface area (Å²) in [4.78, 5) is 24.1. The van der Waals surface area contributed by atoms with E-state index in [9.17, 15) is 9.59 Å². The Morgan fingerprint density at radius 1 is 0.964 bits per heavy atom. The molecule has 144 valence electrons. The van der Waals surface area contributed by atoms with Crippen LogP contribution in [0.5, 0.6) is 0 Å². The van der Waals surface area contributed by atoms with Crippen molar-refractivity contribution < 1.29 is 9.59 Å². The average molecular weight is 377 g/mol. The Bertz CT molecular complexity index is 975. The fourth-order valence-electron chi connectivity index (χ4n) is 2.84. The van der Waals surface area contributed by atoms with Gasteiger partial charge in [-0.1, -0.05) is 24.6 Å². The van der Waals surface area contributed by atoms with Crippen LogP contribution >= 0.6 is 0 Å². The van der Waals surface area contributed by atoms with E-state index in [2.05, 4.69) is 21.0 Å². The molecule has 0 saturated heterocycles. The SMILES string of the molecule is CCc1c(C(=O)Nc2ccc(NC(=O)NC)cc2)cnn1-c1ccc(C)cc1. The molecule has 0 aliphatic heterocycles. The van der Waals surface area contributed by atoms with Crippen LogP contribution < -0.4 is 16.0 Å². The van der Waals surface area contributed by atoms with E-state index in [1.165, 1.54) is 5.56 Å². The Hall–Kier alpha value is -3.61. The third kappa shape index (κ3) is 4.20. The molecular weight excluding hydrogens is 354 g/mol. The van der Waals surface area contributed by atoms with Crippen molar-refractivity contribution in [1.82, 2.24) is 15.1 Å². The van der Waals surface area contributed by atoms with E-state index >= 15 is 0 Å². The maximum atomic E-state index is 12.8. The molecule has 28 heavy (non-hydrogen) atoms. The predicted octanol–water partition coefficient (Wildman–Crippen LogP) is 3.75. The number of urea groups is 1. The van der Waals surface area contributed by atoms with Gasteiger partial charge in [-0.05, 0) is 49.7 Å². The molecule has 0 bridgehead atoms. The van der Waals surface area contributed by atoms with E-state index in [0.717, 1.165) is 11.4 Å². The molecule has 7 heteroatoms. The van der Waals surface area contributed by atoms with Crippen LogP contribution in [0.2, 0.25) is 0 Å². The van der Waals surface area contributed by atoms with Crippen molar-refractivity contribution in [3.63, 3.8) is 0 Å². The molecule has 0 unspecified atom stereocenters. The standard InChI is InChI=1S/C21H23N5O2/c1-4-19-18(13-23-26(19)17-11-5-14(2)6-12-17)20(27)24-15-7-9-16(10-8-15)25-21(28)22-3/h5-13H,4H2,1-3H3,(H,24,27)(H2,22,25,28). The summed E-state index contributed by atoms with van der Waals surface area (Å²) in [6.45, 7) is 4.03. The fourth-order valence-corrected chi connectivity index (χ4v) is 2.84. The minimum atomic E-state index is -0.298. The van der Waals surface area contributed by atoms with Gasteiger partial charge in [-0.25, -0.2) is 9.48 Å². The zero-order valence-corrected chi connectivity index (χ0v) is 16.1. The smallest absolute Gasteiger partial charge is 0.318 e. The molecule has 0 fully saturated rings. The Kier molecular flexibility index (Phi) is 5.74. The van der Waals surface area contributed by atoms with E-state index in [1.54, 1.807) is 42.2 Å². The molecule has 3 aromatic rings. The minimum absolute atomic E-state index is 0.220. The molecule has 2 aromatic carbocycles. The second-order valence-corrected chi connectivity index (χ2v) is 6.34. The number of carbonyl (C=O) groups is 2. The van der Waals surface area contributed by atoms with Gasteiger partial charge in [-0.3, -0.25) is 4.79 Å². The van der Waals surface area contributed by atoms with Gasteiger partial charge in [0.05, 0.1) is 23.1 Å². The molecule has 0 spiro atoms. The highest BCUT2D eigenvalue weighted by Gasteiger charge is 2.17. The van der Waals surface area contributed by atoms with Gasteiger partial charge in [0.15, 0.2) is 0 Å². The maximum absolute atomic E-state index is 12.8. The lowest BCUT2D eigenvalue weighted by Gasteiger charge is -2.10.